The predicted octanol–water partition coefficient (Wildman–Crippen LogP) is 5.09. The number of amides is 1. The number of aryl methyl sites for hydroxylation is 1. The van der Waals surface area contributed by atoms with Crippen LogP contribution in [0.5, 0.6) is 0 Å². The third-order valence-corrected chi connectivity index (χ3v) is 7.04. The largest absolute Gasteiger partial charge is 0.299 e. The van der Waals surface area contributed by atoms with Crippen LogP contribution in [0.15, 0.2) is 34.8 Å². The third kappa shape index (κ3) is 5.89. The minimum absolute atomic E-state index is 0.0504. The molecule has 1 fully saturated rings. The van der Waals surface area contributed by atoms with Crippen molar-refractivity contribution in [1.82, 2.24) is 10.0 Å². The van der Waals surface area contributed by atoms with Gasteiger partial charge in [-0.2, -0.15) is 0 Å². The number of nitrogens with zero attached hydrogens (tertiary/aromatic N) is 2. The first-order chi connectivity index (χ1) is 13.4. The van der Waals surface area contributed by atoms with Gasteiger partial charge in [0.05, 0.1) is 4.47 Å². The molecule has 4 nitrogen and oxygen atoms in total. The first-order valence-electron chi connectivity index (χ1n) is 9.12. The molecule has 0 radical (unpaired) electrons. The van der Waals surface area contributed by atoms with Crippen molar-refractivity contribution in [2.75, 3.05) is 25.4 Å². The van der Waals surface area contributed by atoms with E-state index in [1.54, 1.807) is 28.5 Å². The molecule has 2 heterocycles. The SMILES string of the molecule is Cc1ccc(CCN2C(=O)SCCN2CCC(=O)Cc2ccc(F)c(Br)c2)s1. The smallest absolute Gasteiger partial charge is 0.296 e. The molecule has 1 aliphatic heterocycles. The van der Waals surface area contributed by atoms with Crippen molar-refractivity contribution >= 4 is 50.1 Å². The van der Waals surface area contributed by atoms with Crippen LogP contribution in [-0.4, -0.2) is 46.4 Å². The minimum atomic E-state index is -0.336. The molecule has 0 saturated carbocycles. The molecule has 1 aliphatic rings. The number of Topliss-reactive ketones (excluding diaryl/α,β-unsaturated/α-hetero) is 1. The fourth-order valence-corrected chi connectivity index (χ4v) is 5.21. The Morgan fingerprint density at radius 3 is 2.79 bits per heavy atom. The molecule has 8 heteroatoms. The summed E-state index contributed by atoms with van der Waals surface area (Å²) >= 11 is 6.24. The molecular weight excluding hydrogens is 463 g/mol. The summed E-state index contributed by atoms with van der Waals surface area (Å²) in [6, 6.07) is 8.84. The highest BCUT2D eigenvalue weighted by molar-refractivity contribution is 9.10. The molecule has 1 saturated heterocycles. The Morgan fingerprint density at radius 1 is 1.25 bits per heavy atom. The molecule has 1 amide bonds. The number of rotatable bonds is 8. The average Bonchev–Trinajstić information content (AvgIpc) is 3.07. The van der Waals surface area contributed by atoms with Gasteiger partial charge in [0.2, 0.25) is 0 Å². The van der Waals surface area contributed by atoms with Crippen molar-refractivity contribution in [2.24, 2.45) is 0 Å². The number of carbonyl (C=O) groups is 2. The number of halogens is 2. The van der Waals surface area contributed by atoms with Crippen LogP contribution in [0.2, 0.25) is 0 Å². The van der Waals surface area contributed by atoms with E-state index in [1.165, 1.54) is 27.6 Å². The lowest BCUT2D eigenvalue weighted by Crippen LogP contribution is -2.50. The van der Waals surface area contributed by atoms with Crippen molar-refractivity contribution in [2.45, 2.75) is 26.2 Å². The van der Waals surface area contributed by atoms with Gasteiger partial charge in [0.15, 0.2) is 0 Å². The Balaban J connectivity index is 1.53. The molecule has 0 atom stereocenters. The first kappa shape index (κ1) is 21.5. The van der Waals surface area contributed by atoms with E-state index in [2.05, 4.69) is 35.0 Å². The number of thiophene rings is 1. The molecule has 0 N–H and O–H groups in total. The average molecular weight is 485 g/mol. The molecule has 0 spiro atoms. The second-order valence-electron chi connectivity index (χ2n) is 6.67. The van der Waals surface area contributed by atoms with Crippen molar-refractivity contribution in [3.05, 3.63) is 55.9 Å². The van der Waals surface area contributed by atoms with Crippen LogP contribution in [-0.2, 0) is 17.6 Å². The second-order valence-corrected chi connectivity index (χ2v) is 9.94. The second kappa shape index (κ2) is 10.0. The summed E-state index contributed by atoms with van der Waals surface area (Å²) in [6.45, 7) is 3.99. The molecule has 0 bridgehead atoms. The van der Waals surface area contributed by atoms with Crippen LogP contribution in [0.25, 0.3) is 0 Å². The lowest BCUT2D eigenvalue weighted by molar-refractivity contribution is -0.119. The lowest BCUT2D eigenvalue weighted by Gasteiger charge is -2.37. The van der Waals surface area contributed by atoms with Gasteiger partial charge in [-0.1, -0.05) is 17.8 Å². The van der Waals surface area contributed by atoms with Crippen LogP contribution >= 0.6 is 39.0 Å². The zero-order chi connectivity index (χ0) is 20.1. The van der Waals surface area contributed by atoms with E-state index in [9.17, 15) is 14.0 Å². The molecule has 1 aromatic heterocycles. The standard InChI is InChI=1S/C20H22BrFN2O2S2/c1-14-2-4-17(28-14)7-9-24-20(26)27-11-10-23(24)8-6-16(25)12-15-3-5-19(22)18(21)13-15/h2-5,13H,6-12H2,1H3. The molecule has 0 unspecified atom stereocenters. The quantitative estimate of drug-likeness (QED) is 0.523. The molecule has 3 rings (SSSR count). The third-order valence-electron chi connectivity index (χ3n) is 4.53. The topological polar surface area (TPSA) is 40.6 Å². The number of ketones is 1. The summed E-state index contributed by atoms with van der Waals surface area (Å²) in [7, 11) is 0. The maximum Gasteiger partial charge on any atom is 0.296 e. The van der Waals surface area contributed by atoms with Crippen molar-refractivity contribution < 1.29 is 14.0 Å². The molecular formula is C20H22BrFN2O2S2. The lowest BCUT2D eigenvalue weighted by atomic mass is 10.1. The number of carbonyl (C=O) groups excluding carboxylic acids is 2. The molecule has 0 aliphatic carbocycles. The molecule has 2 aromatic rings. The van der Waals surface area contributed by atoms with Crippen LogP contribution in [0, 0.1) is 12.7 Å². The number of hydrogen-bond donors (Lipinski definition) is 0. The molecule has 28 heavy (non-hydrogen) atoms. The maximum absolute atomic E-state index is 13.3. The van der Waals surface area contributed by atoms with Crippen LogP contribution < -0.4 is 0 Å². The first-order valence-corrected chi connectivity index (χ1v) is 11.7. The van der Waals surface area contributed by atoms with Crippen LogP contribution in [0.4, 0.5) is 9.18 Å². The fraction of sp³-hybridized carbons (Fsp3) is 0.400. The van der Waals surface area contributed by atoms with E-state index in [1.807, 2.05) is 5.01 Å². The van der Waals surface area contributed by atoms with Gasteiger partial charge in [0.25, 0.3) is 5.24 Å². The number of hydrogen-bond acceptors (Lipinski definition) is 5. The Labute approximate surface area is 181 Å². The normalized spacial score (nSPS) is 15.2. The van der Waals surface area contributed by atoms with Gasteiger partial charge in [-0.15, -0.1) is 11.3 Å². The minimum Gasteiger partial charge on any atom is -0.299 e. The highest BCUT2D eigenvalue weighted by atomic mass is 79.9. The Hall–Kier alpha value is -1.22. The van der Waals surface area contributed by atoms with E-state index in [0.717, 1.165) is 24.3 Å². The maximum atomic E-state index is 13.3. The van der Waals surface area contributed by atoms with Gasteiger partial charge in [-0.05, 0) is 52.7 Å². The monoisotopic (exact) mass is 484 g/mol. The van der Waals surface area contributed by atoms with E-state index in [4.69, 9.17) is 0 Å². The molecule has 150 valence electrons. The van der Waals surface area contributed by atoms with Gasteiger partial charge in [-0.25, -0.2) is 9.40 Å². The van der Waals surface area contributed by atoms with Crippen molar-refractivity contribution in [3.63, 3.8) is 0 Å². The summed E-state index contributed by atoms with van der Waals surface area (Å²) in [4.78, 5) is 27.3. The molecule has 1 aromatic carbocycles. The fourth-order valence-electron chi connectivity index (χ4n) is 3.07. The number of thioether (sulfide) groups is 1. The van der Waals surface area contributed by atoms with Gasteiger partial charge in [0.1, 0.15) is 11.6 Å². The zero-order valence-electron chi connectivity index (χ0n) is 15.6. The van der Waals surface area contributed by atoms with Crippen LogP contribution in [0.1, 0.15) is 21.7 Å². The summed E-state index contributed by atoms with van der Waals surface area (Å²) in [5.74, 6) is 0.488. The van der Waals surface area contributed by atoms with Gasteiger partial charge in [-0.3, -0.25) is 14.6 Å². The van der Waals surface area contributed by atoms with Crippen LogP contribution in [0.3, 0.4) is 0 Å². The summed E-state index contributed by atoms with van der Waals surface area (Å²) in [6.07, 6.45) is 1.45. The van der Waals surface area contributed by atoms with Gasteiger partial charge >= 0.3 is 0 Å². The predicted molar refractivity (Wildman–Crippen MR) is 116 cm³/mol. The van der Waals surface area contributed by atoms with E-state index in [0.29, 0.717) is 24.0 Å². The van der Waals surface area contributed by atoms with Gasteiger partial charge < -0.3 is 0 Å². The van der Waals surface area contributed by atoms with E-state index < -0.39 is 0 Å². The van der Waals surface area contributed by atoms with Gasteiger partial charge in [0, 0.05) is 54.4 Å². The summed E-state index contributed by atoms with van der Waals surface area (Å²) in [5, 5.41) is 3.83. The van der Waals surface area contributed by atoms with E-state index in [-0.39, 0.29) is 23.3 Å². The van der Waals surface area contributed by atoms with E-state index >= 15 is 0 Å². The summed E-state index contributed by atoms with van der Waals surface area (Å²) < 4.78 is 13.7. The Bertz CT molecular complexity index is 858. The summed E-state index contributed by atoms with van der Waals surface area (Å²) in [5.41, 5.74) is 0.786. The van der Waals surface area contributed by atoms with Crippen molar-refractivity contribution in [3.8, 4) is 0 Å². The number of hydrazine groups is 1. The highest BCUT2D eigenvalue weighted by Gasteiger charge is 2.26. The Morgan fingerprint density at radius 2 is 2.07 bits per heavy atom. The highest BCUT2D eigenvalue weighted by Crippen LogP contribution is 2.22. The zero-order valence-corrected chi connectivity index (χ0v) is 18.8. The Kier molecular flexibility index (Phi) is 7.68. The van der Waals surface area contributed by atoms with Crippen molar-refractivity contribution in [1.29, 1.82) is 0 Å². The number of benzene rings is 1.